The molecule has 0 aliphatic carbocycles. The highest BCUT2D eigenvalue weighted by Gasteiger charge is 2.11. The van der Waals surface area contributed by atoms with Crippen molar-refractivity contribution in [1.82, 2.24) is 19.9 Å². The number of nitrogens with zero attached hydrogens (tertiary/aromatic N) is 4. The fourth-order valence-electron chi connectivity index (χ4n) is 7.48. The highest BCUT2D eigenvalue weighted by atomic mass is 19.1. The van der Waals surface area contributed by atoms with Gasteiger partial charge in [0.15, 0.2) is 0 Å². The van der Waals surface area contributed by atoms with Gasteiger partial charge in [0.05, 0.1) is 11.0 Å². The van der Waals surface area contributed by atoms with E-state index in [0.29, 0.717) is 39.9 Å². The van der Waals surface area contributed by atoms with E-state index in [-0.39, 0.29) is 17.5 Å². The lowest BCUT2D eigenvalue weighted by atomic mass is 10.1. The van der Waals surface area contributed by atoms with Gasteiger partial charge < -0.3 is 31.9 Å². The first-order valence-electron chi connectivity index (χ1n) is 22.4. The number of halogens is 2. The largest absolute Gasteiger partial charge is 0.355 e. The highest BCUT2D eigenvalue weighted by molar-refractivity contribution is 6.05. The molecule has 4 aromatic heterocycles. The maximum absolute atomic E-state index is 13.8. The van der Waals surface area contributed by atoms with Crippen LogP contribution in [0.1, 0.15) is 27.0 Å². The molecular weight excluding hydrogens is 895 g/mol. The van der Waals surface area contributed by atoms with Crippen LogP contribution in [0.3, 0.4) is 0 Å². The van der Waals surface area contributed by atoms with Crippen molar-refractivity contribution in [2.75, 3.05) is 31.9 Å². The lowest BCUT2D eigenvalue weighted by molar-refractivity contribution is -0.105. The van der Waals surface area contributed by atoms with Crippen LogP contribution in [0, 0.1) is 32.4 Å². The molecular formula is C57H48F2N10O2. The molecule has 0 atom stereocenters. The number of carbonyl (C=O) groups excluding carboxylic acids is 2. The molecule has 10 aromatic rings. The topological polar surface area (TPSA) is 158 Å². The van der Waals surface area contributed by atoms with Crippen molar-refractivity contribution in [3.8, 4) is 0 Å². The molecule has 0 unspecified atom stereocenters. The fraction of sp³-hybridized carbons (Fsp3) is 0.0526. The number of anilines is 10. The molecule has 0 saturated carbocycles. The minimum atomic E-state index is -0.336. The number of pyridine rings is 4. The zero-order valence-corrected chi connectivity index (χ0v) is 38.9. The zero-order chi connectivity index (χ0) is 49.5. The number of aryl methyl sites for hydroxylation is 3. The predicted molar refractivity (Wildman–Crippen MR) is 283 cm³/mol. The molecule has 14 heteroatoms. The Balaban J connectivity index is 0.000000158. The smallest absolute Gasteiger partial charge is 0.255 e. The van der Waals surface area contributed by atoms with E-state index in [9.17, 15) is 18.4 Å². The molecule has 0 bridgehead atoms. The SMILES string of the molecule is Cc1cc(NC(=O)c2cccc(Nc3ccnc4ccc(F)cc34)c2)cc(Nc2ccncc2)c1.Cc1ccc(Nc2ccncc2)cc1NC=O.Cc1cccc(Nc2ccnc3ccc(F)cc23)c1. The molecule has 71 heavy (non-hydrogen) atoms. The lowest BCUT2D eigenvalue weighted by Crippen LogP contribution is -2.12. The summed E-state index contributed by atoms with van der Waals surface area (Å²) in [5, 5.41) is 20.2. The summed E-state index contributed by atoms with van der Waals surface area (Å²) in [5.74, 6) is -0.829. The van der Waals surface area contributed by atoms with Crippen LogP contribution < -0.4 is 31.9 Å². The van der Waals surface area contributed by atoms with Gasteiger partial charge in [-0.15, -0.1) is 0 Å². The van der Waals surface area contributed by atoms with Gasteiger partial charge in [0.2, 0.25) is 6.41 Å². The minimum absolute atomic E-state index is 0.236. The maximum Gasteiger partial charge on any atom is 0.255 e. The van der Waals surface area contributed by atoms with Crippen molar-refractivity contribution >= 4 is 91.0 Å². The number of rotatable bonds is 12. The van der Waals surface area contributed by atoms with E-state index in [1.54, 1.807) is 73.6 Å². The predicted octanol–water partition coefficient (Wildman–Crippen LogP) is 13.9. The summed E-state index contributed by atoms with van der Waals surface area (Å²) in [7, 11) is 0. The lowest BCUT2D eigenvalue weighted by Gasteiger charge is -2.13. The Hall–Kier alpha value is -9.56. The monoisotopic (exact) mass is 942 g/mol. The van der Waals surface area contributed by atoms with Gasteiger partial charge >= 0.3 is 0 Å². The number of benzene rings is 6. The molecule has 10 rings (SSSR count). The quantitative estimate of drug-likeness (QED) is 0.0651. The highest BCUT2D eigenvalue weighted by Crippen LogP contribution is 2.29. The average Bonchev–Trinajstić information content (AvgIpc) is 3.36. The Morgan fingerprint density at radius 1 is 0.451 bits per heavy atom. The van der Waals surface area contributed by atoms with E-state index in [1.807, 2.05) is 118 Å². The second kappa shape index (κ2) is 23.0. The van der Waals surface area contributed by atoms with Gasteiger partial charge in [-0.2, -0.15) is 0 Å². The number of hydrogen-bond acceptors (Lipinski definition) is 10. The van der Waals surface area contributed by atoms with E-state index in [2.05, 4.69) is 51.8 Å². The van der Waals surface area contributed by atoms with Crippen molar-refractivity contribution in [3.05, 3.63) is 229 Å². The molecule has 0 fully saturated rings. The van der Waals surface area contributed by atoms with Crippen molar-refractivity contribution in [3.63, 3.8) is 0 Å². The van der Waals surface area contributed by atoms with Gasteiger partial charge in [0.1, 0.15) is 11.6 Å². The van der Waals surface area contributed by atoms with Crippen LogP contribution in [-0.4, -0.2) is 32.3 Å². The first-order chi connectivity index (χ1) is 34.5. The average molecular weight is 943 g/mol. The van der Waals surface area contributed by atoms with E-state index in [4.69, 9.17) is 0 Å². The summed E-state index contributed by atoms with van der Waals surface area (Å²) in [6, 6.07) is 47.0. The molecule has 6 N–H and O–H groups in total. The number of nitrogens with one attached hydrogen (secondary N) is 6. The Labute approximate surface area is 409 Å². The summed E-state index contributed by atoms with van der Waals surface area (Å²) in [6.45, 7) is 5.96. The van der Waals surface area contributed by atoms with Crippen LogP contribution in [0.5, 0.6) is 0 Å². The van der Waals surface area contributed by atoms with Crippen LogP contribution >= 0.6 is 0 Å². The molecule has 6 aromatic carbocycles. The van der Waals surface area contributed by atoms with Gasteiger partial charge in [0.25, 0.3) is 5.91 Å². The summed E-state index contributed by atoms with van der Waals surface area (Å²) in [6.07, 6.45) is 10.9. The molecule has 0 aliphatic heterocycles. The standard InChI is InChI=1S/C28H22FN5O.C16H13FN2.C13H13N3O/c1-18-13-23(32-21-7-10-30-11-8-21)17-24(14-18)34-28(35)19-3-2-4-22(15-19)33-27-9-12-31-26-6-5-20(29)16-25(26)27;1-11-3-2-4-13(9-11)19-16-7-8-18-15-6-5-12(17)10-14(15)16;1-10-2-3-12(8-13(10)15-9-17)16-11-4-6-14-7-5-11/h2-17H,1H3,(H,30,32)(H,31,33)(H,34,35);2-10H,1H3,(H,18,19);2-9H,1H3,(H,14,16)(H,15,17). The van der Waals surface area contributed by atoms with Crippen molar-refractivity contribution in [2.24, 2.45) is 0 Å². The molecule has 0 saturated heterocycles. The first kappa shape index (κ1) is 47.9. The van der Waals surface area contributed by atoms with Crippen molar-refractivity contribution in [2.45, 2.75) is 20.8 Å². The van der Waals surface area contributed by atoms with Crippen LogP contribution in [0.4, 0.5) is 65.7 Å². The van der Waals surface area contributed by atoms with E-state index in [0.717, 1.165) is 61.8 Å². The zero-order valence-electron chi connectivity index (χ0n) is 38.9. The van der Waals surface area contributed by atoms with Crippen LogP contribution in [-0.2, 0) is 4.79 Å². The summed E-state index contributed by atoms with van der Waals surface area (Å²) in [4.78, 5) is 40.0. The van der Waals surface area contributed by atoms with E-state index in [1.165, 1.54) is 29.8 Å². The number of aromatic nitrogens is 4. The molecule has 0 aliphatic rings. The molecule has 2 amide bonds. The number of hydrogen-bond donors (Lipinski definition) is 6. The second-order valence-electron chi connectivity index (χ2n) is 16.3. The van der Waals surface area contributed by atoms with E-state index < -0.39 is 0 Å². The summed E-state index contributed by atoms with van der Waals surface area (Å²) >= 11 is 0. The molecule has 352 valence electrons. The van der Waals surface area contributed by atoms with Crippen LogP contribution in [0.2, 0.25) is 0 Å². The third-order valence-corrected chi connectivity index (χ3v) is 10.8. The van der Waals surface area contributed by atoms with Crippen LogP contribution in [0.15, 0.2) is 195 Å². The third-order valence-electron chi connectivity index (χ3n) is 10.8. The van der Waals surface area contributed by atoms with Gasteiger partial charge in [-0.25, -0.2) is 8.78 Å². The fourth-order valence-corrected chi connectivity index (χ4v) is 7.48. The van der Waals surface area contributed by atoms with Gasteiger partial charge in [-0.05, 0) is 171 Å². The molecule has 12 nitrogen and oxygen atoms in total. The van der Waals surface area contributed by atoms with Crippen molar-refractivity contribution < 1.29 is 18.4 Å². The van der Waals surface area contributed by atoms with Gasteiger partial charge in [-0.1, -0.05) is 24.3 Å². The summed E-state index contributed by atoms with van der Waals surface area (Å²) < 4.78 is 27.2. The summed E-state index contributed by atoms with van der Waals surface area (Å²) in [5.41, 5.74) is 13.5. The maximum atomic E-state index is 13.8. The minimum Gasteiger partial charge on any atom is -0.355 e. The normalized spacial score (nSPS) is 10.4. The van der Waals surface area contributed by atoms with Gasteiger partial charge in [-0.3, -0.25) is 29.5 Å². The molecule has 0 radical (unpaired) electrons. The number of amides is 2. The Bertz CT molecular complexity index is 3450. The Morgan fingerprint density at radius 2 is 0.986 bits per heavy atom. The van der Waals surface area contributed by atoms with E-state index >= 15 is 0 Å². The Kier molecular flexibility index (Phi) is 15.5. The Morgan fingerprint density at radius 3 is 1.58 bits per heavy atom. The number of carbonyl (C=O) groups is 2. The number of fused-ring (bicyclic) bond motifs is 2. The van der Waals surface area contributed by atoms with Crippen LogP contribution in [0.25, 0.3) is 21.8 Å². The molecule has 0 spiro atoms. The molecule has 4 heterocycles. The second-order valence-corrected chi connectivity index (χ2v) is 16.3. The van der Waals surface area contributed by atoms with Crippen molar-refractivity contribution in [1.29, 1.82) is 0 Å². The van der Waals surface area contributed by atoms with Gasteiger partial charge in [0, 0.05) is 110 Å². The third kappa shape index (κ3) is 13.3. The first-order valence-corrected chi connectivity index (χ1v) is 22.4.